The number of fused-ring (bicyclic) bond motifs is 1. The van der Waals surface area contributed by atoms with Crippen LogP contribution in [0.25, 0.3) is 0 Å². The van der Waals surface area contributed by atoms with Crippen LogP contribution in [0.5, 0.6) is 5.75 Å². The number of alkyl halides is 3. The first-order chi connectivity index (χ1) is 16.7. The highest BCUT2D eigenvalue weighted by molar-refractivity contribution is 5.95. The van der Waals surface area contributed by atoms with E-state index in [1.165, 1.54) is 37.7 Å². The van der Waals surface area contributed by atoms with Crippen molar-refractivity contribution in [1.29, 1.82) is 0 Å². The van der Waals surface area contributed by atoms with E-state index in [2.05, 4.69) is 24.9 Å². The Labute approximate surface area is 202 Å². The molecule has 9 heteroatoms. The molecule has 0 saturated heterocycles. The van der Waals surface area contributed by atoms with E-state index in [9.17, 15) is 18.0 Å². The lowest BCUT2D eigenvalue weighted by molar-refractivity contribution is -0.274. The molecule has 4 aliphatic carbocycles. The molecule has 186 valence electrons. The van der Waals surface area contributed by atoms with Gasteiger partial charge in [0.1, 0.15) is 17.9 Å². The molecule has 2 heterocycles. The van der Waals surface area contributed by atoms with Crippen molar-refractivity contribution in [3.63, 3.8) is 0 Å². The normalized spacial score (nSPS) is 29.6. The summed E-state index contributed by atoms with van der Waals surface area (Å²) in [4.78, 5) is 24.6. The summed E-state index contributed by atoms with van der Waals surface area (Å²) >= 11 is 0. The van der Waals surface area contributed by atoms with Crippen LogP contribution in [-0.2, 0) is 24.3 Å². The first-order valence-electron chi connectivity index (χ1n) is 12.5. The summed E-state index contributed by atoms with van der Waals surface area (Å²) in [7, 11) is 0. The van der Waals surface area contributed by atoms with Gasteiger partial charge in [0, 0.05) is 25.2 Å². The van der Waals surface area contributed by atoms with E-state index in [0.29, 0.717) is 43.1 Å². The van der Waals surface area contributed by atoms with Crippen LogP contribution in [0.15, 0.2) is 30.6 Å². The summed E-state index contributed by atoms with van der Waals surface area (Å²) in [5.74, 6) is 2.67. The molecule has 0 unspecified atom stereocenters. The number of amides is 1. The van der Waals surface area contributed by atoms with Gasteiger partial charge in [-0.25, -0.2) is 9.97 Å². The second-order valence-corrected chi connectivity index (χ2v) is 11.0. The minimum atomic E-state index is -4.69. The summed E-state index contributed by atoms with van der Waals surface area (Å²) in [5, 5.41) is 3.20. The number of carbonyl (C=O) groups excluding carboxylic acids is 1. The minimum absolute atomic E-state index is 0.140. The van der Waals surface area contributed by atoms with Crippen molar-refractivity contribution in [1.82, 2.24) is 14.9 Å². The Morgan fingerprint density at radius 3 is 2.34 bits per heavy atom. The van der Waals surface area contributed by atoms with Gasteiger partial charge in [0.15, 0.2) is 0 Å². The topological polar surface area (TPSA) is 67.4 Å². The molecule has 1 N–H and O–H groups in total. The average molecular weight is 487 g/mol. The predicted octanol–water partition coefficient (Wildman–Crippen LogP) is 5.09. The fraction of sp³-hybridized carbons (Fsp3) is 0.577. The fourth-order valence-corrected chi connectivity index (χ4v) is 7.33. The average Bonchev–Trinajstić information content (AvgIpc) is 2.78. The molecule has 4 saturated carbocycles. The predicted molar refractivity (Wildman–Crippen MR) is 122 cm³/mol. The molecule has 1 amide bonds. The number of ether oxygens (including phenoxy) is 1. The molecular weight excluding hydrogens is 457 g/mol. The van der Waals surface area contributed by atoms with Gasteiger partial charge in [-0.15, -0.1) is 13.2 Å². The number of carbonyl (C=O) groups is 1. The van der Waals surface area contributed by atoms with Gasteiger partial charge in [0.2, 0.25) is 5.91 Å². The van der Waals surface area contributed by atoms with Gasteiger partial charge in [-0.3, -0.25) is 9.69 Å². The second-order valence-electron chi connectivity index (χ2n) is 11.0. The van der Waals surface area contributed by atoms with Crippen molar-refractivity contribution < 1.29 is 22.7 Å². The Kier molecular flexibility index (Phi) is 5.51. The third-order valence-corrected chi connectivity index (χ3v) is 8.40. The zero-order chi connectivity index (χ0) is 24.2. The summed E-state index contributed by atoms with van der Waals surface area (Å²) in [6.45, 7) is 1.94. The highest BCUT2D eigenvalue weighted by Gasteiger charge is 2.54. The van der Waals surface area contributed by atoms with Gasteiger partial charge >= 0.3 is 6.36 Å². The van der Waals surface area contributed by atoms with Gasteiger partial charge in [-0.1, -0.05) is 12.1 Å². The van der Waals surface area contributed by atoms with Crippen LogP contribution < -0.4 is 10.1 Å². The maximum Gasteiger partial charge on any atom is 0.573 e. The molecule has 0 atom stereocenters. The molecule has 5 aliphatic rings. The van der Waals surface area contributed by atoms with Crippen molar-refractivity contribution in [2.45, 2.75) is 64.4 Å². The summed E-state index contributed by atoms with van der Waals surface area (Å²) in [6, 6.07) is 5.96. The fourth-order valence-electron chi connectivity index (χ4n) is 7.33. The molecule has 0 spiro atoms. The van der Waals surface area contributed by atoms with Crippen molar-refractivity contribution in [2.75, 3.05) is 11.9 Å². The van der Waals surface area contributed by atoms with E-state index < -0.39 is 6.36 Å². The molecule has 35 heavy (non-hydrogen) atoms. The number of nitrogens with one attached hydrogen (secondary N) is 1. The number of anilines is 1. The first-order valence-corrected chi connectivity index (χ1v) is 12.5. The van der Waals surface area contributed by atoms with Crippen LogP contribution in [0.2, 0.25) is 0 Å². The van der Waals surface area contributed by atoms with Gasteiger partial charge in [-0.2, -0.15) is 0 Å². The number of hydrogen-bond donors (Lipinski definition) is 1. The zero-order valence-corrected chi connectivity index (χ0v) is 19.5. The highest BCUT2D eigenvalue weighted by atomic mass is 19.4. The van der Waals surface area contributed by atoms with Crippen LogP contribution in [-0.4, -0.2) is 33.7 Å². The third kappa shape index (κ3) is 4.62. The van der Waals surface area contributed by atoms with Gasteiger partial charge in [0.05, 0.1) is 11.1 Å². The van der Waals surface area contributed by atoms with Crippen molar-refractivity contribution >= 4 is 11.7 Å². The SMILES string of the molecule is O=C(Nc1ncnc2c1CCN(Cc1ccc(OC(F)(F)F)cc1)C2)C12CC3CC(CC(C3)C1)C2. The Hall–Kier alpha value is -2.68. The number of aromatic nitrogens is 2. The van der Waals surface area contributed by atoms with Gasteiger partial charge < -0.3 is 10.1 Å². The standard InChI is InChI=1S/C26H29F3N4O2/c27-26(28,29)35-20-3-1-16(2-4-20)13-33-6-5-21-22(14-33)30-15-31-23(21)32-24(34)25-10-17-7-18(11-25)9-19(8-17)12-25/h1-4,15,17-19H,5-14H2,(H,30,31,32,34). The smallest absolute Gasteiger partial charge is 0.406 e. The molecule has 1 aromatic carbocycles. The molecule has 4 bridgehead atoms. The number of benzene rings is 1. The van der Waals surface area contributed by atoms with Crippen molar-refractivity contribution in [3.05, 3.63) is 47.4 Å². The van der Waals surface area contributed by atoms with E-state index in [1.54, 1.807) is 12.1 Å². The van der Waals surface area contributed by atoms with Crippen molar-refractivity contribution in [3.8, 4) is 5.75 Å². The lowest BCUT2D eigenvalue weighted by Crippen LogP contribution is -2.52. The number of halogens is 3. The van der Waals surface area contributed by atoms with E-state index >= 15 is 0 Å². The van der Waals surface area contributed by atoms with E-state index in [0.717, 1.165) is 42.6 Å². The molecule has 2 aromatic rings. The van der Waals surface area contributed by atoms with Crippen LogP contribution in [0.1, 0.15) is 55.3 Å². The maximum atomic E-state index is 13.5. The number of hydrogen-bond acceptors (Lipinski definition) is 5. The van der Waals surface area contributed by atoms with Crippen LogP contribution in [0.3, 0.4) is 0 Å². The summed E-state index contributed by atoms with van der Waals surface area (Å²) < 4.78 is 41.1. The second kappa shape index (κ2) is 8.47. The minimum Gasteiger partial charge on any atom is -0.406 e. The molecule has 7 rings (SSSR count). The summed E-state index contributed by atoms with van der Waals surface area (Å²) in [6.07, 6.45) is 4.45. The lowest BCUT2D eigenvalue weighted by atomic mass is 9.49. The lowest BCUT2D eigenvalue weighted by Gasteiger charge is -2.55. The third-order valence-electron chi connectivity index (χ3n) is 8.40. The Morgan fingerprint density at radius 2 is 1.71 bits per heavy atom. The summed E-state index contributed by atoms with van der Waals surface area (Å²) in [5.41, 5.74) is 2.56. The van der Waals surface area contributed by atoms with Crippen LogP contribution in [0, 0.1) is 23.2 Å². The molecule has 4 fully saturated rings. The van der Waals surface area contributed by atoms with Crippen LogP contribution >= 0.6 is 0 Å². The Morgan fingerprint density at radius 1 is 1.06 bits per heavy atom. The highest BCUT2D eigenvalue weighted by Crippen LogP contribution is 2.60. The Balaban J connectivity index is 1.12. The van der Waals surface area contributed by atoms with Crippen molar-refractivity contribution in [2.24, 2.45) is 23.2 Å². The largest absolute Gasteiger partial charge is 0.573 e. The first kappa shape index (κ1) is 22.8. The molecular formula is C26H29F3N4O2. The molecule has 1 aliphatic heterocycles. The number of nitrogens with zero attached hydrogens (tertiary/aromatic N) is 3. The van der Waals surface area contributed by atoms with E-state index in [-0.39, 0.29) is 17.1 Å². The van der Waals surface area contributed by atoms with Gasteiger partial charge in [-0.05, 0) is 80.4 Å². The quantitative estimate of drug-likeness (QED) is 0.638. The monoisotopic (exact) mass is 486 g/mol. The van der Waals surface area contributed by atoms with Gasteiger partial charge in [0.25, 0.3) is 0 Å². The molecule has 1 aromatic heterocycles. The zero-order valence-electron chi connectivity index (χ0n) is 19.5. The number of rotatable bonds is 5. The maximum absolute atomic E-state index is 13.5. The van der Waals surface area contributed by atoms with E-state index in [1.807, 2.05) is 0 Å². The molecule has 0 radical (unpaired) electrons. The van der Waals surface area contributed by atoms with Crippen LogP contribution in [0.4, 0.5) is 19.0 Å². The van der Waals surface area contributed by atoms with E-state index in [4.69, 9.17) is 0 Å². The molecule has 6 nitrogen and oxygen atoms in total. The Bertz CT molecular complexity index is 1080.